The van der Waals surface area contributed by atoms with E-state index in [-0.39, 0.29) is 0 Å². The summed E-state index contributed by atoms with van der Waals surface area (Å²) in [5.74, 6) is 0. The minimum Gasteiger partial charge on any atom is -0.0815 e. The highest BCUT2D eigenvalue weighted by Gasteiger charge is 2.40. The number of hydrogen-bond acceptors (Lipinski definition) is 0. The van der Waals surface area contributed by atoms with Gasteiger partial charge in [0.1, 0.15) is 0 Å². The monoisotopic (exact) mass is 164 g/mol. The fraction of sp³-hybridized carbons (Fsp3) is 0.600. The van der Waals surface area contributed by atoms with Crippen molar-refractivity contribution in [1.29, 1.82) is 0 Å². The molecule has 0 radical (unpaired) electrons. The van der Waals surface area contributed by atoms with Crippen molar-refractivity contribution in [2.45, 2.75) is 37.9 Å². The molecular weight excluding hydrogens is 148 g/mol. The van der Waals surface area contributed by atoms with Gasteiger partial charge in [-0.2, -0.15) is 0 Å². The highest BCUT2D eigenvalue weighted by Crippen LogP contribution is 2.42. The van der Waals surface area contributed by atoms with E-state index in [4.69, 9.17) is 0 Å². The van der Waals surface area contributed by atoms with Gasteiger partial charge in [0.05, 0.1) is 8.07 Å². The number of rotatable bonds is 2. The standard InChI is InChI=1S/C10H16Si/c1-2-11(8-5-9-11)10-6-3-4-7-10/h3,6-7H,2,4-5,8-9H2,1H3. The van der Waals surface area contributed by atoms with Crippen molar-refractivity contribution in [3.63, 3.8) is 0 Å². The Bertz CT molecular complexity index is 203. The summed E-state index contributed by atoms with van der Waals surface area (Å²) in [6, 6.07) is 4.61. The molecule has 0 spiro atoms. The Labute approximate surface area is 70.0 Å². The molecular formula is C10H16Si. The molecule has 0 unspecified atom stereocenters. The quantitative estimate of drug-likeness (QED) is 0.549. The van der Waals surface area contributed by atoms with Gasteiger partial charge in [0, 0.05) is 0 Å². The second kappa shape index (κ2) is 2.63. The molecule has 0 nitrogen and oxygen atoms in total. The Morgan fingerprint density at radius 1 is 1.45 bits per heavy atom. The lowest BCUT2D eigenvalue weighted by Crippen LogP contribution is -2.42. The van der Waals surface area contributed by atoms with Gasteiger partial charge < -0.3 is 0 Å². The van der Waals surface area contributed by atoms with Gasteiger partial charge in [-0.1, -0.05) is 54.9 Å². The molecule has 1 heteroatoms. The van der Waals surface area contributed by atoms with Crippen LogP contribution in [0.1, 0.15) is 19.8 Å². The SMILES string of the molecule is CC[Si]1(C2=CCC=C2)CCC1. The van der Waals surface area contributed by atoms with Gasteiger partial charge in [0.25, 0.3) is 0 Å². The summed E-state index contributed by atoms with van der Waals surface area (Å²) in [5, 5.41) is 1.77. The highest BCUT2D eigenvalue weighted by atomic mass is 28.3. The van der Waals surface area contributed by atoms with E-state index in [1.165, 1.54) is 18.9 Å². The van der Waals surface area contributed by atoms with Crippen molar-refractivity contribution >= 4 is 8.07 Å². The third-order valence-electron chi connectivity index (χ3n) is 3.37. The molecule has 1 aliphatic heterocycles. The van der Waals surface area contributed by atoms with E-state index in [2.05, 4.69) is 25.2 Å². The van der Waals surface area contributed by atoms with Crippen molar-refractivity contribution in [1.82, 2.24) is 0 Å². The fourth-order valence-corrected chi connectivity index (χ4v) is 6.22. The van der Waals surface area contributed by atoms with E-state index in [0.29, 0.717) is 0 Å². The summed E-state index contributed by atoms with van der Waals surface area (Å²) in [7, 11) is -0.809. The minimum atomic E-state index is -0.809. The molecule has 0 aromatic carbocycles. The number of allylic oxidation sites excluding steroid dienone is 4. The molecule has 11 heavy (non-hydrogen) atoms. The van der Waals surface area contributed by atoms with E-state index in [0.717, 1.165) is 0 Å². The van der Waals surface area contributed by atoms with Crippen LogP contribution < -0.4 is 0 Å². The summed E-state index contributed by atoms with van der Waals surface area (Å²) in [6.07, 6.45) is 9.90. The van der Waals surface area contributed by atoms with Crippen LogP contribution in [0.3, 0.4) is 0 Å². The summed E-state index contributed by atoms with van der Waals surface area (Å²) in [4.78, 5) is 0. The minimum absolute atomic E-state index is 0.809. The van der Waals surface area contributed by atoms with E-state index in [1.54, 1.807) is 17.3 Å². The van der Waals surface area contributed by atoms with Gasteiger partial charge in [0.15, 0.2) is 0 Å². The Morgan fingerprint density at radius 3 is 2.64 bits per heavy atom. The van der Waals surface area contributed by atoms with Crippen molar-refractivity contribution in [2.24, 2.45) is 0 Å². The molecule has 0 aromatic rings. The van der Waals surface area contributed by atoms with Gasteiger partial charge >= 0.3 is 0 Å². The van der Waals surface area contributed by atoms with Crippen LogP contribution in [0.15, 0.2) is 23.4 Å². The summed E-state index contributed by atoms with van der Waals surface area (Å²) in [5.41, 5.74) is 0. The summed E-state index contributed by atoms with van der Waals surface area (Å²) in [6.45, 7) is 2.39. The van der Waals surface area contributed by atoms with Crippen LogP contribution in [0, 0.1) is 0 Å². The average molecular weight is 164 g/mol. The molecule has 0 bridgehead atoms. The molecule has 1 heterocycles. The zero-order valence-corrected chi connectivity index (χ0v) is 8.27. The van der Waals surface area contributed by atoms with Crippen LogP contribution in [0.4, 0.5) is 0 Å². The van der Waals surface area contributed by atoms with E-state index in [1.807, 2.05) is 0 Å². The molecule has 0 amide bonds. The molecule has 1 aliphatic carbocycles. The number of hydrogen-bond donors (Lipinski definition) is 0. The maximum Gasteiger partial charge on any atom is 0.0860 e. The van der Waals surface area contributed by atoms with E-state index < -0.39 is 8.07 Å². The summed E-state index contributed by atoms with van der Waals surface area (Å²) >= 11 is 0. The van der Waals surface area contributed by atoms with Crippen molar-refractivity contribution in [2.75, 3.05) is 0 Å². The first-order chi connectivity index (χ1) is 5.37. The second-order valence-corrected chi connectivity index (χ2v) is 8.63. The van der Waals surface area contributed by atoms with Crippen LogP contribution in [-0.4, -0.2) is 8.07 Å². The Kier molecular flexibility index (Phi) is 1.76. The first-order valence-corrected chi connectivity index (χ1v) is 7.37. The van der Waals surface area contributed by atoms with Gasteiger partial charge in [-0.3, -0.25) is 0 Å². The smallest absolute Gasteiger partial charge is 0.0815 e. The maximum atomic E-state index is 2.47. The Balaban J connectivity index is 2.17. The molecule has 0 N–H and O–H groups in total. The van der Waals surface area contributed by atoms with Gasteiger partial charge in [-0.25, -0.2) is 0 Å². The first kappa shape index (κ1) is 7.35. The van der Waals surface area contributed by atoms with Crippen molar-refractivity contribution < 1.29 is 0 Å². The normalized spacial score (nSPS) is 26.5. The van der Waals surface area contributed by atoms with Crippen molar-refractivity contribution in [3.05, 3.63) is 23.4 Å². The van der Waals surface area contributed by atoms with Gasteiger partial charge in [0.2, 0.25) is 0 Å². The maximum absolute atomic E-state index is 2.47. The van der Waals surface area contributed by atoms with Crippen LogP contribution in [-0.2, 0) is 0 Å². The van der Waals surface area contributed by atoms with Crippen LogP contribution >= 0.6 is 0 Å². The zero-order chi connectivity index (χ0) is 7.73. The second-order valence-electron chi connectivity index (χ2n) is 3.78. The largest absolute Gasteiger partial charge is 0.0860 e. The van der Waals surface area contributed by atoms with Crippen LogP contribution in [0.2, 0.25) is 18.1 Å². The predicted octanol–water partition coefficient (Wildman–Crippen LogP) is 3.28. The fourth-order valence-electron chi connectivity index (χ4n) is 2.30. The molecule has 2 rings (SSSR count). The van der Waals surface area contributed by atoms with E-state index >= 15 is 0 Å². The molecule has 0 atom stereocenters. The lowest BCUT2D eigenvalue weighted by molar-refractivity contribution is 0.888. The molecule has 1 saturated heterocycles. The first-order valence-electron chi connectivity index (χ1n) is 4.74. The topological polar surface area (TPSA) is 0 Å². The zero-order valence-electron chi connectivity index (χ0n) is 7.27. The van der Waals surface area contributed by atoms with Gasteiger partial charge in [-0.05, 0) is 6.42 Å². The highest BCUT2D eigenvalue weighted by molar-refractivity contribution is 6.89. The lowest BCUT2D eigenvalue weighted by Gasteiger charge is -2.39. The Morgan fingerprint density at radius 2 is 2.27 bits per heavy atom. The Hall–Kier alpha value is -0.303. The lowest BCUT2D eigenvalue weighted by atomic mass is 10.5. The molecule has 2 aliphatic rings. The van der Waals surface area contributed by atoms with E-state index in [9.17, 15) is 0 Å². The molecule has 0 saturated carbocycles. The predicted molar refractivity (Wildman–Crippen MR) is 52.3 cm³/mol. The summed E-state index contributed by atoms with van der Waals surface area (Å²) < 4.78 is 0. The molecule has 60 valence electrons. The van der Waals surface area contributed by atoms with Crippen LogP contribution in [0.5, 0.6) is 0 Å². The van der Waals surface area contributed by atoms with Crippen molar-refractivity contribution in [3.8, 4) is 0 Å². The van der Waals surface area contributed by atoms with Crippen LogP contribution in [0.25, 0.3) is 0 Å². The molecule has 1 fully saturated rings. The molecule has 0 aromatic heterocycles. The third-order valence-corrected chi connectivity index (χ3v) is 8.94. The third kappa shape index (κ3) is 1.02. The van der Waals surface area contributed by atoms with Gasteiger partial charge in [-0.15, -0.1) is 0 Å². The average Bonchev–Trinajstić information content (AvgIpc) is 2.39.